The molecule has 6 nitrogen and oxygen atoms in total. The number of rotatable bonds is 4. The lowest BCUT2D eigenvalue weighted by Crippen LogP contribution is -2.14. The Morgan fingerprint density at radius 3 is 2.50 bits per heavy atom. The third-order valence-electron chi connectivity index (χ3n) is 3.44. The Balaban J connectivity index is 1.91. The first kappa shape index (κ1) is 15.8. The largest absolute Gasteiger partial charge is 0.322 e. The van der Waals surface area contributed by atoms with E-state index in [2.05, 4.69) is 5.32 Å². The Bertz CT molecular complexity index is 907. The lowest BCUT2D eigenvalue weighted by atomic mass is 10.1. The number of benzene rings is 2. The summed E-state index contributed by atoms with van der Waals surface area (Å²) in [6, 6.07) is 15.0. The van der Waals surface area contributed by atoms with E-state index in [1.165, 1.54) is 12.1 Å². The maximum atomic E-state index is 12.4. The van der Waals surface area contributed by atoms with Crippen molar-refractivity contribution in [2.24, 2.45) is 0 Å². The number of hydrogen-bond acceptors (Lipinski definition) is 3. The quantitative estimate of drug-likeness (QED) is 0.568. The molecule has 1 N–H and O–H groups in total. The van der Waals surface area contributed by atoms with Gasteiger partial charge in [0, 0.05) is 24.0 Å². The molecule has 0 aliphatic rings. The monoisotopic (exact) mass is 341 g/mol. The molecule has 0 radical (unpaired) electrons. The highest BCUT2D eigenvalue weighted by Crippen LogP contribution is 2.26. The molecule has 7 heteroatoms. The lowest BCUT2D eigenvalue weighted by Gasteiger charge is -2.12. The highest BCUT2D eigenvalue weighted by atomic mass is 35.5. The van der Waals surface area contributed by atoms with Crippen molar-refractivity contribution in [2.45, 2.75) is 0 Å². The molecular weight excluding hydrogens is 330 g/mol. The van der Waals surface area contributed by atoms with Crippen molar-refractivity contribution in [2.75, 3.05) is 5.32 Å². The molecule has 0 atom stereocenters. The third kappa shape index (κ3) is 3.13. The van der Waals surface area contributed by atoms with Crippen molar-refractivity contribution in [3.63, 3.8) is 0 Å². The number of anilines is 1. The smallest absolute Gasteiger partial charge is 0.288 e. The fraction of sp³-hybridized carbons (Fsp3) is 0. The van der Waals surface area contributed by atoms with Crippen LogP contribution in [0.2, 0.25) is 5.02 Å². The molecule has 3 rings (SSSR count). The predicted molar refractivity (Wildman–Crippen MR) is 91.8 cm³/mol. The van der Waals surface area contributed by atoms with Gasteiger partial charge in [0.05, 0.1) is 16.3 Å². The Morgan fingerprint density at radius 2 is 1.79 bits per heavy atom. The second-order valence-corrected chi connectivity index (χ2v) is 5.39. The van der Waals surface area contributed by atoms with Gasteiger partial charge < -0.3 is 9.88 Å². The van der Waals surface area contributed by atoms with Gasteiger partial charge in [0.15, 0.2) is 0 Å². The van der Waals surface area contributed by atoms with Crippen molar-refractivity contribution in [1.29, 1.82) is 0 Å². The summed E-state index contributed by atoms with van der Waals surface area (Å²) in [5, 5.41) is 13.7. The number of nitrogens with zero attached hydrogens (tertiary/aromatic N) is 2. The number of carbonyl (C=O) groups is 1. The number of nitro benzene ring substituents is 1. The number of nitrogens with one attached hydrogen (secondary N) is 1. The fourth-order valence-corrected chi connectivity index (χ4v) is 2.47. The summed E-state index contributed by atoms with van der Waals surface area (Å²) in [4.78, 5) is 22.8. The molecule has 0 saturated heterocycles. The van der Waals surface area contributed by atoms with E-state index in [1.807, 2.05) is 41.2 Å². The zero-order chi connectivity index (χ0) is 17.1. The second kappa shape index (κ2) is 6.55. The molecule has 0 bridgehead atoms. The number of aromatic nitrogens is 1. The molecule has 120 valence electrons. The molecule has 1 amide bonds. The van der Waals surface area contributed by atoms with Crippen LogP contribution in [-0.2, 0) is 0 Å². The van der Waals surface area contributed by atoms with Crippen LogP contribution in [-0.4, -0.2) is 15.4 Å². The third-order valence-corrected chi connectivity index (χ3v) is 3.76. The molecule has 0 fully saturated rings. The van der Waals surface area contributed by atoms with Crippen molar-refractivity contribution >= 4 is 28.9 Å². The Morgan fingerprint density at radius 1 is 1.08 bits per heavy atom. The van der Waals surface area contributed by atoms with Gasteiger partial charge in [-0.25, -0.2) is 0 Å². The molecule has 0 saturated carbocycles. The Hall–Kier alpha value is -3.12. The summed E-state index contributed by atoms with van der Waals surface area (Å²) in [7, 11) is 0. The van der Waals surface area contributed by atoms with E-state index >= 15 is 0 Å². The molecule has 1 aromatic heterocycles. The van der Waals surface area contributed by atoms with Gasteiger partial charge in [0.2, 0.25) is 0 Å². The van der Waals surface area contributed by atoms with Gasteiger partial charge in [0.25, 0.3) is 11.6 Å². The van der Waals surface area contributed by atoms with Crippen LogP contribution in [0.15, 0.2) is 67.0 Å². The maximum absolute atomic E-state index is 12.4. The molecule has 3 aromatic rings. The van der Waals surface area contributed by atoms with Crippen LogP contribution in [0.25, 0.3) is 5.69 Å². The average molecular weight is 342 g/mol. The van der Waals surface area contributed by atoms with E-state index in [0.717, 1.165) is 11.8 Å². The normalized spacial score (nSPS) is 10.4. The van der Waals surface area contributed by atoms with Gasteiger partial charge in [0.1, 0.15) is 5.02 Å². The Kier molecular flexibility index (Phi) is 4.31. The number of amides is 1. The van der Waals surface area contributed by atoms with Gasteiger partial charge >= 0.3 is 0 Å². The highest BCUT2D eigenvalue weighted by Gasteiger charge is 2.17. The van der Waals surface area contributed by atoms with Crippen molar-refractivity contribution in [3.8, 4) is 5.69 Å². The standard InChI is InChI=1S/C17H12ClN3O3/c18-13-8-7-12(11-16(13)21(23)24)17(22)19-14-5-1-2-6-15(14)20-9-3-4-10-20/h1-11H,(H,19,22). The predicted octanol–water partition coefficient (Wildman–Crippen LogP) is 4.29. The number of para-hydroxylation sites is 2. The van der Waals surface area contributed by atoms with Crippen LogP contribution < -0.4 is 5.32 Å². The van der Waals surface area contributed by atoms with Gasteiger partial charge in [-0.1, -0.05) is 23.7 Å². The first-order chi connectivity index (χ1) is 11.6. The first-order valence-electron chi connectivity index (χ1n) is 7.04. The second-order valence-electron chi connectivity index (χ2n) is 4.98. The molecule has 0 unspecified atom stereocenters. The summed E-state index contributed by atoms with van der Waals surface area (Å²) < 4.78 is 1.86. The molecular formula is C17H12ClN3O3. The summed E-state index contributed by atoms with van der Waals surface area (Å²) in [5.74, 6) is -0.450. The minimum absolute atomic E-state index is 0.00992. The summed E-state index contributed by atoms with van der Waals surface area (Å²) in [6.45, 7) is 0. The van der Waals surface area contributed by atoms with E-state index in [4.69, 9.17) is 11.6 Å². The van der Waals surface area contributed by atoms with E-state index in [-0.39, 0.29) is 16.3 Å². The van der Waals surface area contributed by atoms with E-state index in [1.54, 1.807) is 12.1 Å². The SMILES string of the molecule is O=C(Nc1ccccc1-n1cccc1)c1ccc(Cl)c([N+](=O)[O-])c1. The first-order valence-corrected chi connectivity index (χ1v) is 7.42. The molecule has 0 aliphatic heterocycles. The van der Waals surface area contributed by atoms with Crippen molar-refractivity contribution < 1.29 is 9.72 Å². The molecule has 1 heterocycles. The average Bonchev–Trinajstić information content (AvgIpc) is 3.09. The lowest BCUT2D eigenvalue weighted by molar-refractivity contribution is -0.384. The van der Waals surface area contributed by atoms with Crippen LogP contribution in [0, 0.1) is 10.1 Å². The van der Waals surface area contributed by atoms with E-state index in [9.17, 15) is 14.9 Å². The van der Waals surface area contributed by atoms with E-state index in [0.29, 0.717) is 5.69 Å². The molecule has 0 aliphatic carbocycles. The Labute approximate surface area is 142 Å². The number of nitro groups is 1. The number of carbonyl (C=O) groups excluding carboxylic acids is 1. The van der Waals surface area contributed by atoms with Gasteiger partial charge in [-0.3, -0.25) is 14.9 Å². The zero-order valence-electron chi connectivity index (χ0n) is 12.3. The summed E-state index contributed by atoms with van der Waals surface area (Å²) in [6.07, 6.45) is 3.72. The topological polar surface area (TPSA) is 77.2 Å². The molecule has 0 spiro atoms. The zero-order valence-corrected chi connectivity index (χ0v) is 13.1. The van der Waals surface area contributed by atoms with Gasteiger partial charge in [-0.2, -0.15) is 0 Å². The highest BCUT2D eigenvalue weighted by molar-refractivity contribution is 6.32. The van der Waals surface area contributed by atoms with Crippen LogP contribution >= 0.6 is 11.6 Å². The van der Waals surface area contributed by atoms with Crippen LogP contribution in [0.1, 0.15) is 10.4 Å². The van der Waals surface area contributed by atoms with Crippen molar-refractivity contribution in [3.05, 3.63) is 87.7 Å². The number of hydrogen-bond donors (Lipinski definition) is 1. The fourth-order valence-electron chi connectivity index (χ4n) is 2.29. The van der Waals surface area contributed by atoms with Gasteiger partial charge in [-0.05, 0) is 36.4 Å². The van der Waals surface area contributed by atoms with Crippen LogP contribution in [0.4, 0.5) is 11.4 Å². The maximum Gasteiger partial charge on any atom is 0.288 e. The number of halogens is 1. The minimum Gasteiger partial charge on any atom is -0.322 e. The minimum atomic E-state index is -0.618. The van der Waals surface area contributed by atoms with E-state index < -0.39 is 10.8 Å². The molecule has 24 heavy (non-hydrogen) atoms. The van der Waals surface area contributed by atoms with Gasteiger partial charge in [-0.15, -0.1) is 0 Å². The van der Waals surface area contributed by atoms with Crippen LogP contribution in [0.5, 0.6) is 0 Å². The summed E-state index contributed by atoms with van der Waals surface area (Å²) in [5.41, 5.74) is 1.24. The molecule has 2 aromatic carbocycles. The van der Waals surface area contributed by atoms with Crippen molar-refractivity contribution in [1.82, 2.24) is 4.57 Å². The summed E-state index contributed by atoms with van der Waals surface area (Å²) >= 11 is 5.77. The van der Waals surface area contributed by atoms with Crippen LogP contribution in [0.3, 0.4) is 0 Å².